The van der Waals surface area contributed by atoms with Crippen LogP contribution in [-0.2, 0) is 6.42 Å². The van der Waals surface area contributed by atoms with Gasteiger partial charge in [-0.3, -0.25) is 0 Å². The summed E-state index contributed by atoms with van der Waals surface area (Å²) in [5, 5.41) is 12.2. The quantitative estimate of drug-likeness (QED) is 0.618. The molecule has 0 amide bonds. The maximum absolute atomic E-state index is 8.81. The van der Waals surface area contributed by atoms with Gasteiger partial charge in [-0.1, -0.05) is 0 Å². The number of fused-ring (bicyclic) bond motifs is 2. The van der Waals surface area contributed by atoms with Crippen LogP contribution in [-0.4, -0.2) is 0 Å². The highest BCUT2D eigenvalue weighted by atomic mass is 32.1. The fourth-order valence-electron chi connectivity index (χ4n) is 1.89. The molecule has 0 aliphatic heterocycles. The van der Waals surface area contributed by atoms with Gasteiger partial charge in [0.1, 0.15) is 0 Å². The van der Waals surface area contributed by atoms with Gasteiger partial charge in [-0.25, -0.2) is 0 Å². The lowest BCUT2D eigenvalue weighted by Gasteiger charge is -2.24. The van der Waals surface area contributed by atoms with Crippen LogP contribution in [0.2, 0.25) is 0 Å². The predicted octanol–water partition coefficient (Wildman–Crippen LogP) is 3.06. The Bertz CT molecular complexity index is 518. The summed E-state index contributed by atoms with van der Waals surface area (Å²) in [6.45, 7) is 0. The zero-order chi connectivity index (χ0) is 8.84. The molecule has 3 rings (SSSR count). The third kappa shape index (κ3) is 0.853. The minimum absolute atomic E-state index is 0.154. The highest BCUT2D eigenvalue weighted by molar-refractivity contribution is 7.17. The lowest BCUT2D eigenvalue weighted by atomic mass is 9.78. The Morgan fingerprint density at radius 1 is 1.46 bits per heavy atom. The molecule has 1 aromatic carbocycles. The number of thiophene rings is 1. The first kappa shape index (κ1) is 7.11. The molecule has 1 unspecified atom stereocenters. The third-order valence-electron chi connectivity index (χ3n) is 2.67. The smallest absolute Gasteiger partial charge is 0.0756 e. The van der Waals surface area contributed by atoms with Crippen molar-refractivity contribution in [3.05, 3.63) is 34.7 Å². The van der Waals surface area contributed by atoms with Crippen molar-refractivity contribution in [1.29, 1.82) is 5.26 Å². The topological polar surface area (TPSA) is 23.8 Å². The van der Waals surface area contributed by atoms with Crippen LogP contribution in [0.5, 0.6) is 0 Å². The van der Waals surface area contributed by atoms with E-state index in [1.165, 1.54) is 21.2 Å². The van der Waals surface area contributed by atoms with Crippen LogP contribution in [0.3, 0.4) is 0 Å². The summed E-state index contributed by atoms with van der Waals surface area (Å²) < 4.78 is 1.30. The molecule has 1 aliphatic carbocycles. The van der Waals surface area contributed by atoms with E-state index in [0.717, 1.165) is 6.42 Å². The number of nitriles is 1. The van der Waals surface area contributed by atoms with E-state index in [4.69, 9.17) is 5.26 Å². The Labute approximate surface area is 80.2 Å². The molecule has 1 nitrogen and oxygen atoms in total. The van der Waals surface area contributed by atoms with Gasteiger partial charge in [0.15, 0.2) is 0 Å². The van der Waals surface area contributed by atoms with Gasteiger partial charge < -0.3 is 0 Å². The Balaban J connectivity index is 2.29. The van der Waals surface area contributed by atoms with Crippen LogP contribution in [0, 0.1) is 11.3 Å². The van der Waals surface area contributed by atoms with Gasteiger partial charge >= 0.3 is 0 Å². The molecule has 1 aliphatic rings. The van der Waals surface area contributed by atoms with Gasteiger partial charge in [0.25, 0.3) is 0 Å². The second kappa shape index (κ2) is 2.34. The first-order valence-electron chi connectivity index (χ1n) is 4.28. The van der Waals surface area contributed by atoms with Crippen LogP contribution in [0.4, 0.5) is 0 Å². The molecule has 0 fully saturated rings. The summed E-state index contributed by atoms with van der Waals surface area (Å²) in [6, 6.07) is 8.85. The predicted molar refractivity (Wildman–Crippen MR) is 53.9 cm³/mol. The molecule has 0 saturated heterocycles. The van der Waals surface area contributed by atoms with Crippen molar-refractivity contribution in [3.63, 3.8) is 0 Å². The van der Waals surface area contributed by atoms with E-state index in [2.05, 4.69) is 29.6 Å². The molecule has 1 heterocycles. The summed E-state index contributed by atoms with van der Waals surface area (Å²) in [5.41, 5.74) is 2.61. The van der Waals surface area contributed by atoms with E-state index in [1.807, 2.05) is 0 Å². The van der Waals surface area contributed by atoms with Crippen molar-refractivity contribution in [3.8, 4) is 6.07 Å². The van der Waals surface area contributed by atoms with Crippen LogP contribution < -0.4 is 0 Å². The van der Waals surface area contributed by atoms with Crippen LogP contribution in [0.1, 0.15) is 17.0 Å². The van der Waals surface area contributed by atoms with Crippen molar-refractivity contribution in [1.82, 2.24) is 0 Å². The third-order valence-corrected chi connectivity index (χ3v) is 3.55. The Morgan fingerprint density at radius 2 is 2.38 bits per heavy atom. The molecule has 0 bridgehead atoms. The number of benzene rings is 1. The van der Waals surface area contributed by atoms with E-state index < -0.39 is 0 Å². The highest BCUT2D eigenvalue weighted by Gasteiger charge is 2.26. The van der Waals surface area contributed by atoms with Gasteiger partial charge in [-0.2, -0.15) is 5.26 Å². The molecule has 0 spiro atoms. The van der Waals surface area contributed by atoms with Crippen molar-refractivity contribution in [2.75, 3.05) is 0 Å². The Hall–Kier alpha value is -1.33. The number of hydrogen-bond donors (Lipinski definition) is 0. The Kier molecular flexibility index (Phi) is 1.28. The number of nitrogens with zero attached hydrogens (tertiary/aromatic N) is 1. The lowest BCUT2D eigenvalue weighted by molar-refractivity contribution is 0.748. The van der Waals surface area contributed by atoms with E-state index in [0.29, 0.717) is 0 Å². The standard InChI is InChI=1S/C11H7NS/c12-6-9-4-8-3-7-1-2-13-11(7)5-10(8)9/h1-3,5,9H,4H2. The lowest BCUT2D eigenvalue weighted by Crippen LogP contribution is -2.14. The van der Waals surface area contributed by atoms with E-state index in [-0.39, 0.29) is 5.92 Å². The van der Waals surface area contributed by atoms with Crippen LogP contribution >= 0.6 is 11.3 Å². The zero-order valence-corrected chi connectivity index (χ0v) is 7.77. The first-order valence-corrected chi connectivity index (χ1v) is 5.16. The van der Waals surface area contributed by atoms with Crippen molar-refractivity contribution in [2.45, 2.75) is 12.3 Å². The normalized spacial score (nSPS) is 19.2. The largest absolute Gasteiger partial charge is 0.198 e. The van der Waals surface area contributed by atoms with Gasteiger partial charge in [-0.15, -0.1) is 11.3 Å². The van der Waals surface area contributed by atoms with Crippen molar-refractivity contribution < 1.29 is 0 Å². The summed E-state index contributed by atoms with van der Waals surface area (Å²) in [4.78, 5) is 0. The highest BCUT2D eigenvalue weighted by Crippen LogP contribution is 2.38. The average Bonchev–Trinajstić information content (AvgIpc) is 2.55. The molecule has 62 valence electrons. The number of rotatable bonds is 0. The van der Waals surface area contributed by atoms with Gasteiger partial charge in [0.05, 0.1) is 12.0 Å². The van der Waals surface area contributed by atoms with Crippen LogP contribution in [0.15, 0.2) is 23.6 Å². The van der Waals surface area contributed by atoms with Crippen LogP contribution in [0.25, 0.3) is 10.1 Å². The summed E-state index contributed by atoms with van der Waals surface area (Å²) in [6.07, 6.45) is 0.942. The zero-order valence-electron chi connectivity index (χ0n) is 6.95. The van der Waals surface area contributed by atoms with E-state index in [9.17, 15) is 0 Å². The minimum Gasteiger partial charge on any atom is -0.198 e. The first-order chi connectivity index (χ1) is 6.38. The molecule has 0 N–H and O–H groups in total. The molecule has 2 aromatic rings. The molecule has 1 aromatic heterocycles. The second-order valence-electron chi connectivity index (χ2n) is 3.40. The fourth-order valence-corrected chi connectivity index (χ4v) is 2.71. The molecular weight excluding hydrogens is 178 g/mol. The SMILES string of the molecule is N#CC1Cc2cc3ccsc3cc21. The molecule has 0 saturated carbocycles. The fraction of sp³-hybridized carbons (Fsp3) is 0.182. The monoisotopic (exact) mass is 185 g/mol. The molecule has 13 heavy (non-hydrogen) atoms. The summed E-state index contributed by atoms with van der Waals surface area (Å²) in [7, 11) is 0. The maximum atomic E-state index is 8.81. The second-order valence-corrected chi connectivity index (χ2v) is 4.34. The molecule has 0 radical (unpaired) electrons. The molecule has 2 heteroatoms. The van der Waals surface area contributed by atoms with E-state index in [1.54, 1.807) is 11.3 Å². The van der Waals surface area contributed by atoms with E-state index >= 15 is 0 Å². The summed E-state index contributed by atoms with van der Waals surface area (Å²) >= 11 is 1.75. The maximum Gasteiger partial charge on any atom is 0.0756 e. The molecule has 1 atom stereocenters. The molecular formula is C11H7NS. The van der Waals surface area contributed by atoms with Gasteiger partial charge in [0.2, 0.25) is 0 Å². The van der Waals surface area contributed by atoms with Gasteiger partial charge in [0, 0.05) is 4.70 Å². The average molecular weight is 185 g/mol. The summed E-state index contributed by atoms with van der Waals surface area (Å²) in [5.74, 6) is 0.154. The Morgan fingerprint density at radius 3 is 3.23 bits per heavy atom. The van der Waals surface area contributed by atoms with Gasteiger partial charge in [-0.05, 0) is 46.5 Å². The van der Waals surface area contributed by atoms with Crippen molar-refractivity contribution in [2.24, 2.45) is 0 Å². The van der Waals surface area contributed by atoms with Crippen molar-refractivity contribution >= 4 is 21.4 Å². The number of hydrogen-bond acceptors (Lipinski definition) is 2. The minimum atomic E-state index is 0.154.